The second kappa shape index (κ2) is 9.53. The Morgan fingerprint density at radius 3 is 2.84 bits per heavy atom. The van der Waals surface area contributed by atoms with Crippen molar-refractivity contribution >= 4 is 34.1 Å². The average molecular weight is 471 g/mol. The molecule has 2 aliphatic rings. The molecule has 1 unspecified atom stereocenters. The highest BCUT2D eigenvalue weighted by Crippen LogP contribution is 2.35. The molecule has 1 atom stereocenters. The van der Waals surface area contributed by atoms with E-state index in [1.807, 2.05) is 37.3 Å². The van der Waals surface area contributed by atoms with Crippen LogP contribution in [0.15, 0.2) is 40.9 Å². The molecule has 0 spiro atoms. The Kier molecular flexibility index (Phi) is 6.35. The van der Waals surface area contributed by atoms with Gasteiger partial charge in [0.15, 0.2) is 4.34 Å². The summed E-state index contributed by atoms with van der Waals surface area (Å²) in [6, 6.07) is 9.60. The SMILES string of the molecule is Cc1cc(-c2ccccc2OC2COC2)c(C(=O)Nc2nnc(SC3CCOC3)s2)cn1. The molecule has 2 saturated heterocycles. The number of pyridine rings is 1. The van der Waals surface area contributed by atoms with Crippen molar-refractivity contribution in [1.29, 1.82) is 0 Å². The number of thioether (sulfide) groups is 1. The Hall–Kier alpha value is -2.53. The summed E-state index contributed by atoms with van der Waals surface area (Å²) in [5.74, 6) is 0.431. The third-order valence-corrected chi connectivity index (χ3v) is 7.31. The fourth-order valence-electron chi connectivity index (χ4n) is 3.44. The first-order valence-corrected chi connectivity index (χ1v) is 12.0. The predicted octanol–water partition coefficient (Wildman–Crippen LogP) is 3.82. The number of hydrogen-bond donors (Lipinski definition) is 1. The number of carbonyl (C=O) groups is 1. The van der Waals surface area contributed by atoms with E-state index in [1.165, 1.54) is 11.3 Å². The summed E-state index contributed by atoms with van der Waals surface area (Å²) >= 11 is 3.01. The summed E-state index contributed by atoms with van der Waals surface area (Å²) < 4.78 is 17.5. The van der Waals surface area contributed by atoms with Gasteiger partial charge in [0.25, 0.3) is 5.91 Å². The molecule has 1 aromatic carbocycles. The van der Waals surface area contributed by atoms with Crippen molar-refractivity contribution < 1.29 is 19.0 Å². The molecule has 0 bridgehead atoms. The maximum Gasteiger partial charge on any atom is 0.259 e. The van der Waals surface area contributed by atoms with Crippen LogP contribution in [0.4, 0.5) is 5.13 Å². The molecule has 1 N–H and O–H groups in total. The number of aromatic nitrogens is 3. The van der Waals surface area contributed by atoms with Crippen LogP contribution in [0.3, 0.4) is 0 Å². The number of aryl methyl sites for hydroxylation is 1. The molecule has 8 nitrogen and oxygen atoms in total. The average Bonchev–Trinajstić information content (AvgIpc) is 3.43. The number of para-hydroxylation sites is 1. The van der Waals surface area contributed by atoms with Gasteiger partial charge in [0.2, 0.25) is 5.13 Å². The van der Waals surface area contributed by atoms with Crippen molar-refractivity contribution in [3.8, 4) is 16.9 Å². The smallest absolute Gasteiger partial charge is 0.259 e. The summed E-state index contributed by atoms with van der Waals surface area (Å²) in [7, 11) is 0. The zero-order chi connectivity index (χ0) is 21.9. The Morgan fingerprint density at radius 2 is 2.06 bits per heavy atom. The van der Waals surface area contributed by atoms with Crippen LogP contribution in [0.1, 0.15) is 22.5 Å². The molecule has 3 aromatic rings. The molecule has 5 rings (SSSR count). The van der Waals surface area contributed by atoms with Gasteiger partial charge in [-0.2, -0.15) is 0 Å². The minimum atomic E-state index is -0.286. The number of hydrogen-bond acceptors (Lipinski definition) is 9. The highest BCUT2D eigenvalue weighted by Gasteiger charge is 2.24. The van der Waals surface area contributed by atoms with Crippen molar-refractivity contribution in [2.75, 3.05) is 31.7 Å². The van der Waals surface area contributed by atoms with Gasteiger partial charge in [-0.1, -0.05) is 41.3 Å². The van der Waals surface area contributed by atoms with Gasteiger partial charge in [0.1, 0.15) is 11.9 Å². The van der Waals surface area contributed by atoms with Crippen LogP contribution in [0.2, 0.25) is 0 Å². The summed E-state index contributed by atoms with van der Waals surface area (Å²) in [5.41, 5.74) is 2.86. The van der Waals surface area contributed by atoms with Crippen molar-refractivity contribution in [2.24, 2.45) is 0 Å². The van der Waals surface area contributed by atoms with Crippen molar-refractivity contribution in [3.63, 3.8) is 0 Å². The van der Waals surface area contributed by atoms with E-state index in [0.717, 1.165) is 40.8 Å². The van der Waals surface area contributed by atoms with Gasteiger partial charge in [-0.3, -0.25) is 15.1 Å². The molecule has 0 aliphatic carbocycles. The molecule has 0 saturated carbocycles. The summed E-state index contributed by atoms with van der Waals surface area (Å²) in [6.45, 7) is 4.54. The van der Waals surface area contributed by atoms with Gasteiger partial charge in [-0.05, 0) is 25.5 Å². The first-order chi connectivity index (χ1) is 15.7. The predicted molar refractivity (Wildman–Crippen MR) is 123 cm³/mol. The van der Waals surface area contributed by atoms with Gasteiger partial charge in [0, 0.05) is 34.9 Å². The van der Waals surface area contributed by atoms with Gasteiger partial charge < -0.3 is 14.2 Å². The minimum Gasteiger partial charge on any atom is -0.485 e. The number of nitrogens with zero attached hydrogens (tertiary/aromatic N) is 3. The fourth-order valence-corrected chi connectivity index (χ4v) is 5.50. The van der Waals surface area contributed by atoms with E-state index in [9.17, 15) is 4.79 Å². The van der Waals surface area contributed by atoms with Crippen LogP contribution in [-0.2, 0) is 9.47 Å². The number of amides is 1. The van der Waals surface area contributed by atoms with E-state index >= 15 is 0 Å². The quantitative estimate of drug-likeness (QED) is 0.521. The summed E-state index contributed by atoms with van der Waals surface area (Å²) in [4.78, 5) is 17.5. The topological polar surface area (TPSA) is 95.5 Å². The van der Waals surface area contributed by atoms with Crippen molar-refractivity contribution in [3.05, 3.63) is 47.8 Å². The Labute approximate surface area is 193 Å². The molecular formula is C22H22N4O4S2. The second-order valence-electron chi connectivity index (χ2n) is 7.58. The lowest BCUT2D eigenvalue weighted by molar-refractivity contribution is -0.0794. The molecule has 10 heteroatoms. The molecule has 2 aromatic heterocycles. The molecule has 1 amide bonds. The van der Waals surface area contributed by atoms with Crippen LogP contribution in [-0.4, -0.2) is 58.9 Å². The first kappa shape index (κ1) is 21.3. The number of ether oxygens (including phenoxy) is 3. The lowest BCUT2D eigenvalue weighted by Gasteiger charge is -2.28. The van der Waals surface area contributed by atoms with Crippen LogP contribution >= 0.6 is 23.1 Å². The molecule has 2 aliphatic heterocycles. The largest absolute Gasteiger partial charge is 0.485 e. The third-order valence-electron chi connectivity index (χ3n) is 5.15. The highest BCUT2D eigenvalue weighted by molar-refractivity contribution is 8.01. The van der Waals surface area contributed by atoms with Crippen LogP contribution in [0.5, 0.6) is 5.75 Å². The van der Waals surface area contributed by atoms with E-state index in [4.69, 9.17) is 14.2 Å². The Morgan fingerprint density at radius 1 is 1.19 bits per heavy atom. The first-order valence-electron chi connectivity index (χ1n) is 10.4. The Bertz CT molecular complexity index is 1110. The number of carbonyl (C=O) groups excluding carboxylic acids is 1. The zero-order valence-corrected chi connectivity index (χ0v) is 19.1. The number of nitrogens with one attached hydrogen (secondary N) is 1. The van der Waals surface area contributed by atoms with Gasteiger partial charge in [-0.15, -0.1) is 10.2 Å². The zero-order valence-electron chi connectivity index (χ0n) is 17.4. The molecule has 32 heavy (non-hydrogen) atoms. The second-order valence-corrected chi connectivity index (χ2v) is 10.1. The fraction of sp³-hybridized carbons (Fsp3) is 0.364. The van der Waals surface area contributed by atoms with Gasteiger partial charge >= 0.3 is 0 Å². The van der Waals surface area contributed by atoms with E-state index in [1.54, 1.807) is 18.0 Å². The van der Waals surface area contributed by atoms with E-state index in [-0.39, 0.29) is 12.0 Å². The minimum absolute atomic E-state index is 0.0268. The highest BCUT2D eigenvalue weighted by atomic mass is 32.2. The lowest BCUT2D eigenvalue weighted by Crippen LogP contribution is -2.38. The van der Waals surface area contributed by atoms with E-state index in [2.05, 4.69) is 20.5 Å². The molecule has 4 heterocycles. The normalized spacial score (nSPS) is 18.3. The standard InChI is InChI=1S/C22H22N4O4S2/c1-13-8-17(16-4-2-3-5-19(16)30-14-10-29-11-14)18(9-23-13)20(27)24-21-25-26-22(32-21)31-15-6-7-28-12-15/h2-5,8-9,14-15H,6-7,10-12H2,1H3,(H,24,25,27). The van der Waals surface area contributed by atoms with Crippen molar-refractivity contribution in [1.82, 2.24) is 15.2 Å². The van der Waals surface area contributed by atoms with Crippen molar-refractivity contribution in [2.45, 2.75) is 29.0 Å². The van der Waals surface area contributed by atoms with E-state index in [0.29, 0.717) is 34.9 Å². The molecule has 0 radical (unpaired) electrons. The number of rotatable bonds is 7. The number of benzene rings is 1. The molecule has 166 valence electrons. The Balaban J connectivity index is 1.38. The third kappa shape index (κ3) is 4.78. The maximum atomic E-state index is 13.2. The molecular weight excluding hydrogens is 448 g/mol. The van der Waals surface area contributed by atoms with Gasteiger partial charge in [0.05, 0.1) is 25.4 Å². The van der Waals surface area contributed by atoms with Crippen LogP contribution in [0.25, 0.3) is 11.1 Å². The van der Waals surface area contributed by atoms with Crippen LogP contribution in [0, 0.1) is 6.92 Å². The molecule has 2 fully saturated rings. The lowest BCUT2D eigenvalue weighted by atomic mass is 9.99. The van der Waals surface area contributed by atoms with E-state index < -0.39 is 0 Å². The number of anilines is 1. The van der Waals surface area contributed by atoms with Crippen LogP contribution < -0.4 is 10.1 Å². The summed E-state index contributed by atoms with van der Waals surface area (Å²) in [5, 5.41) is 12.1. The summed E-state index contributed by atoms with van der Waals surface area (Å²) in [6.07, 6.45) is 2.62. The van der Waals surface area contributed by atoms with Gasteiger partial charge in [-0.25, -0.2) is 0 Å². The monoisotopic (exact) mass is 470 g/mol. The maximum absolute atomic E-state index is 13.2.